The second-order valence-corrected chi connectivity index (χ2v) is 0.913. The van der Waals surface area contributed by atoms with Crippen LogP contribution in [-0.4, -0.2) is 10.4 Å². The van der Waals surface area contributed by atoms with E-state index in [-0.39, 0.29) is 5.17 Å². The summed E-state index contributed by atoms with van der Waals surface area (Å²) in [6.45, 7) is 3.02. The Morgan fingerprint density at radius 3 is 2.20 bits per heavy atom. The summed E-state index contributed by atoms with van der Waals surface area (Å²) >= 11 is 4.85. The van der Waals surface area contributed by atoms with Crippen molar-refractivity contribution < 1.29 is 5.21 Å². The van der Waals surface area contributed by atoms with E-state index in [4.69, 9.17) is 16.8 Å². The number of halogens is 1. The normalized spacial score (nSPS) is 12.0. The molecule has 0 aromatic carbocycles. The number of oxime groups is 1. The largest absolute Gasteiger partial charge is 0.410 e. The second-order valence-electron chi connectivity index (χ2n) is 0.476. The Morgan fingerprint density at radius 1 is 2.00 bits per heavy atom. The third kappa shape index (κ3) is 3.76. The SMILES string of the molecule is [CH2]/C(Cl)=N/O. The summed E-state index contributed by atoms with van der Waals surface area (Å²) in [5, 5.41) is 9.90. The van der Waals surface area contributed by atoms with Crippen LogP contribution in [0.4, 0.5) is 0 Å². The van der Waals surface area contributed by atoms with Gasteiger partial charge in [-0.3, -0.25) is 0 Å². The molecule has 0 saturated carbocycles. The summed E-state index contributed by atoms with van der Waals surface area (Å²) in [6.07, 6.45) is 0. The molecule has 0 atom stereocenters. The zero-order valence-electron chi connectivity index (χ0n) is 2.48. The summed E-state index contributed by atoms with van der Waals surface area (Å²) < 4.78 is 0. The van der Waals surface area contributed by atoms with E-state index in [2.05, 4.69) is 12.1 Å². The first-order valence-corrected chi connectivity index (χ1v) is 1.34. The molecular formula is C2H3ClNO. The highest BCUT2D eigenvalue weighted by atomic mass is 35.5. The van der Waals surface area contributed by atoms with E-state index in [1.807, 2.05) is 0 Å². The van der Waals surface area contributed by atoms with Gasteiger partial charge >= 0.3 is 0 Å². The molecule has 0 saturated heterocycles. The van der Waals surface area contributed by atoms with Gasteiger partial charge in [-0.05, 0) is 0 Å². The van der Waals surface area contributed by atoms with Crippen molar-refractivity contribution in [2.45, 2.75) is 0 Å². The third-order valence-corrected chi connectivity index (χ3v) is 0.184. The number of nitrogens with zero attached hydrogens (tertiary/aromatic N) is 1. The first kappa shape index (κ1) is 4.76. The van der Waals surface area contributed by atoms with Crippen LogP contribution in [0, 0.1) is 6.92 Å². The Bertz CT molecular complexity index is 47.6. The maximum absolute atomic E-state index is 7.54. The summed E-state index contributed by atoms with van der Waals surface area (Å²) in [4.78, 5) is 0. The highest BCUT2D eigenvalue weighted by molar-refractivity contribution is 6.66. The lowest BCUT2D eigenvalue weighted by molar-refractivity contribution is 0.321. The van der Waals surface area contributed by atoms with Gasteiger partial charge in [0.25, 0.3) is 0 Å². The molecule has 1 N–H and O–H groups in total. The topological polar surface area (TPSA) is 32.6 Å². The minimum Gasteiger partial charge on any atom is -0.410 e. The molecule has 2 nitrogen and oxygen atoms in total. The van der Waals surface area contributed by atoms with Crippen LogP contribution in [0.1, 0.15) is 0 Å². The first-order chi connectivity index (χ1) is 2.27. The highest BCUT2D eigenvalue weighted by Gasteiger charge is 1.69. The minimum atomic E-state index is -0.0926. The Hall–Kier alpha value is -0.240. The molecule has 0 aromatic heterocycles. The van der Waals surface area contributed by atoms with Gasteiger partial charge < -0.3 is 5.21 Å². The molecule has 1 radical (unpaired) electrons. The van der Waals surface area contributed by atoms with Gasteiger partial charge in [-0.15, -0.1) is 0 Å². The maximum atomic E-state index is 7.54. The molecule has 0 spiro atoms. The van der Waals surface area contributed by atoms with E-state index in [0.29, 0.717) is 0 Å². The molecule has 0 fully saturated rings. The Morgan fingerprint density at radius 2 is 2.20 bits per heavy atom. The van der Waals surface area contributed by atoms with E-state index in [1.165, 1.54) is 0 Å². The fraction of sp³-hybridized carbons (Fsp3) is 0. The Balaban J connectivity index is 3.14. The predicted octanol–water partition coefficient (Wildman–Crippen LogP) is 0.847. The smallest absolute Gasteiger partial charge is 0.145 e. The van der Waals surface area contributed by atoms with Gasteiger partial charge in [0.05, 0.1) is 0 Å². The minimum absolute atomic E-state index is 0.0926. The summed E-state index contributed by atoms with van der Waals surface area (Å²) in [5.41, 5.74) is 0. The molecule has 0 rings (SSSR count). The van der Waals surface area contributed by atoms with Crippen molar-refractivity contribution in [1.82, 2.24) is 0 Å². The summed E-state index contributed by atoms with van der Waals surface area (Å²) in [7, 11) is 0. The monoisotopic (exact) mass is 92.0 g/mol. The fourth-order valence-electron chi connectivity index (χ4n) is 0. The molecule has 0 unspecified atom stereocenters. The fourth-order valence-corrected chi connectivity index (χ4v) is 0. The highest BCUT2D eigenvalue weighted by Crippen LogP contribution is 1.74. The van der Waals surface area contributed by atoms with Crippen LogP contribution in [0.2, 0.25) is 0 Å². The van der Waals surface area contributed by atoms with Crippen molar-refractivity contribution in [3.8, 4) is 0 Å². The van der Waals surface area contributed by atoms with Crippen LogP contribution < -0.4 is 0 Å². The second kappa shape index (κ2) is 2.03. The van der Waals surface area contributed by atoms with Crippen LogP contribution in [0.5, 0.6) is 0 Å². The van der Waals surface area contributed by atoms with Crippen LogP contribution in [0.25, 0.3) is 0 Å². The van der Waals surface area contributed by atoms with Gasteiger partial charge in [0.15, 0.2) is 0 Å². The molecule has 29 valence electrons. The molecular weight excluding hydrogens is 89.5 g/mol. The Kier molecular flexibility index (Phi) is 1.93. The molecule has 0 aliphatic heterocycles. The van der Waals surface area contributed by atoms with E-state index in [1.54, 1.807) is 0 Å². The molecule has 0 bridgehead atoms. The van der Waals surface area contributed by atoms with Crippen molar-refractivity contribution in [2.24, 2.45) is 5.16 Å². The van der Waals surface area contributed by atoms with Gasteiger partial charge in [0, 0.05) is 6.92 Å². The van der Waals surface area contributed by atoms with E-state index in [9.17, 15) is 0 Å². The molecule has 0 aromatic rings. The summed E-state index contributed by atoms with van der Waals surface area (Å²) in [6, 6.07) is 0. The van der Waals surface area contributed by atoms with Crippen molar-refractivity contribution in [2.75, 3.05) is 0 Å². The molecule has 0 aliphatic carbocycles. The van der Waals surface area contributed by atoms with E-state index >= 15 is 0 Å². The molecule has 5 heavy (non-hydrogen) atoms. The predicted molar refractivity (Wildman–Crippen MR) is 20.4 cm³/mol. The Labute approximate surface area is 35.1 Å². The van der Waals surface area contributed by atoms with Gasteiger partial charge in [-0.25, -0.2) is 0 Å². The summed E-state index contributed by atoms with van der Waals surface area (Å²) in [5.74, 6) is 0. The zero-order chi connectivity index (χ0) is 4.28. The number of hydrogen-bond donors (Lipinski definition) is 1. The van der Waals surface area contributed by atoms with Crippen molar-refractivity contribution in [1.29, 1.82) is 0 Å². The molecule has 0 amide bonds. The van der Waals surface area contributed by atoms with E-state index < -0.39 is 0 Å². The first-order valence-electron chi connectivity index (χ1n) is 0.966. The van der Waals surface area contributed by atoms with Crippen molar-refractivity contribution >= 4 is 16.8 Å². The lowest BCUT2D eigenvalue weighted by Gasteiger charge is -1.68. The van der Waals surface area contributed by atoms with Crippen LogP contribution in [0.15, 0.2) is 5.16 Å². The quantitative estimate of drug-likeness (QED) is 0.268. The van der Waals surface area contributed by atoms with Crippen LogP contribution in [0.3, 0.4) is 0 Å². The number of hydrogen-bond acceptors (Lipinski definition) is 2. The van der Waals surface area contributed by atoms with Gasteiger partial charge in [-0.2, -0.15) is 0 Å². The van der Waals surface area contributed by atoms with Gasteiger partial charge in [0.1, 0.15) is 5.17 Å². The lowest BCUT2D eigenvalue weighted by Crippen LogP contribution is -1.69. The zero-order valence-corrected chi connectivity index (χ0v) is 3.24. The van der Waals surface area contributed by atoms with Gasteiger partial charge in [0.2, 0.25) is 0 Å². The van der Waals surface area contributed by atoms with Gasteiger partial charge in [-0.1, -0.05) is 16.8 Å². The average molecular weight is 92.5 g/mol. The van der Waals surface area contributed by atoms with E-state index in [0.717, 1.165) is 0 Å². The molecule has 3 heteroatoms. The lowest BCUT2D eigenvalue weighted by atomic mass is 10.9. The van der Waals surface area contributed by atoms with Crippen LogP contribution in [-0.2, 0) is 0 Å². The maximum Gasteiger partial charge on any atom is 0.145 e. The molecule has 0 aliphatic rings. The standard InChI is InChI=1S/C2H3ClNO/c1-2(3)4-5/h5H,1H2/b4-2-. The van der Waals surface area contributed by atoms with Crippen LogP contribution >= 0.6 is 11.6 Å². The number of rotatable bonds is 0. The third-order valence-electron chi connectivity index (χ3n) is 0.109. The average Bonchev–Trinajstić information content (AvgIpc) is 1.38. The molecule has 0 heterocycles. The van der Waals surface area contributed by atoms with Crippen molar-refractivity contribution in [3.05, 3.63) is 6.92 Å². The van der Waals surface area contributed by atoms with Crippen molar-refractivity contribution in [3.63, 3.8) is 0 Å².